The molecule has 0 aromatic heterocycles. The fraction of sp³-hybridized carbons (Fsp3) is 0.636. The lowest BCUT2D eigenvalue weighted by molar-refractivity contribution is -0.144. The summed E-state index contributed by atoms with van der Waals surface area (Å²) in [5.41, 5.74) is 0.816. The molecule has 30 heavy (non-hydrogen) atoms. The van der Waals surface area contributed by atoms with Gasteiger partial charge in [-0.25, -0.2) is 8.42 Å². The van der Waals surface area contributed by atoms with Crippen molar-refractivity contribution in [2.75, 3.05) is 17.1 Å². The van der Waals surface area contributed by atoms with E-state index in [1.807, 2.05) is 13.8 Å². The average molecular weight is 439 g/mol. The molecule has 0 bridgehead atoms. The van der Waals surface area contributed by atoms with E-state index in [-0.39, 0.29) is 35.7 Å². The third kappa shape index (κ3) is 6.20. The normalized spacial score (nSPS) is 20.1. The van der Waals surface area contributed by atoms with Gasteiger partial charge in [-0.05, 0) is 43.4 Å². The van der Waals surface area contributed by atoms with Gasteiger partial charge in [0, 0.05) is 12.6 Å². The first kappa shape index (κ1) is 24.2. The minimum atomic E-state index is -3.44. The van der Waals surface area contributed by atoms with Gasteiger partial charge >= 0.3 is 5.97 Å². The third-order valence-corrected chi connectivity index (χ3v) is 7.24. The predicted molar refractivity (Wildman–Crippen MR) is 118 cm³/mol. The molecule has 7 nitrogen and oxygen atoms in total. The molecular weight excluding hydrogens is 404 g/mol. The van der Waals surface area contributed by atoms with Crippen LogP contribution in [0.1, 0.15) is 63.7 Å². The van der Waals surface area contributed by atoms with Crippen molar-refractivity contribution in [3.05, 3.63) is 29.8 Å². The zero-order valence-corrected chi connectivity index (χ0v) is 19.4. The fourth-order valence-corrected chi connectivity index (χ4v) is 4.90. The highest BCUT2D eigenvalue weighted by Gasteiger charge is 2.37. The fourth-order valence-electron chi connectivity index (χ4n) is 3.54. The summed E-state index contributed by atoms with van der Waals surface area (Å²) in [6.07, 6.45) is 2.29. The summed E-state index contributed by atoms with van der Waals surface area (Å²) >= 11 is 0. The highest BCUT2D eigenvalue weighted by molar-refractivity contribution is 7.92. The van der Waals surface area contributed by atoms with Gasteiger partial charge in [0.25, 0.3) is 5.91 Å². The zero-order valence-electron chi connectivity index (χ0n) is 18.6. The standard InChI is InChI=1S/C22H34N2O5S/c1-6-7-11-30(27,28)24(5)18-10-8-9-17(14-18)21(25)23-19(12-15(2)3)20-13-16(4)22(26)29-20/h8-10,14-16,19-20H,6-7,11-13H2,1-5H3,(H,23,25)/t16-,19+,20-/m1/s1. The van der Waals surface area contributed by atoms with E-state index in [0.29, 0.717) is 36.4 Å². The summed E-state index contributed by atoms with van der Waals surface area (Å²) in [7, 11) is -1.94. The van der Waals surface area contributed by atoms with Crippen LogP contribution in [0.25, 0.3) is 0 Å². The van der Waals surface area contributed by atoms with Crippen LogP contribution in [0.3, 0.4) is 0 Å². The van der Waals surface area contributed by atoms with Crippen LogP contribution in [-0.4, -0.2) is 45.2 Å². The Morgan fingerprint density at radius 3 is 2.60 bits per heavy atom. The van der Waals surface area contributed by atoms with Crippen molar-refractivity contribution >= 4 is 27.6 Å². The Hall–Kier alpha value is -2.09. The van der Waals surface area contributed by atoms with Crippen molar-refractivity contribution in [2.24, 2.45) is 11.8 Å². The van der Waals surface area contributed by atoms with Crippen LogP contribution in [0.2, 0.25) is 0 Å². The molecule has 0 radical (unpaired) electrons. The van der Waals surface area contributed by atoms with Gasteiger partial charge in [0.2, 0.25) is 10.0 Å². The Bertz CT molecular complexity index is 853. The van der Waals surface area contributed by atoms with Crippen LogP contribution in [-0.2, 0) is 19.6 Å². The summed E-state index contributed by atoms with van der Waals surface area (Å²) in [6, 6.07) is 6.29. The summed E-state index contributed by atoms with van der Waals surface area (Å²) < 4.78 is 31.7. The maximum Gasteiger partial charge on any atom is 0.309 e. The number of anilines is 1. The maximum absolute atomic E-state index is 12.9. The molecule has 1 aromatic carbocycles. The molecule has 1 aliphatic heterocycles. The van der Waals surface area contributed by atoms with E-state index in [1.165, 1.54) is 11.4 Å². The van der Waals surface area contributed by atoms with E-state index in [4.69, 9.17) is 4.74 Å². The molecule has 1 heterocycles. The van der Waals surface area contributed by atoms with Crippen molar-refractivity contribution in [1.82, 2.24) is 5.32 Å². The van der Waals surface area contributed by atoms with Crippen molar-refractivity contribution in [3.63, 3.8) is 0 Å². The molecule has 1 amide bonds. The first-order chi connectivity index (χ1) is 14.0. The molecule has 168 valence electrons. The van der Waals surface area contributed by atoms with E-state index >= 15 is 0 Å². The van der Waals surface area contributed by atoms with Gasteiger partial charge in [-0.2, -0.15) is 0 Å². The highest BCUT2D eigenvalue weighted by atomic mass is 32.2. The molecule has 0 spiro atoms. The minimum Gasteiger partial charge on any atom is -0.460 e. The highest BCUT2D eigenvalue weighted by Crippen LogP contribution is 2.26. The van der Waals surface area contributed by atoms with E-state index in [0.717, 1.165) is 6.42 Å². The van der Waals surface area contributed by atoms with Gasteiger partial charge in [0.05, 0.1) is 23.4 Å². The second-order valence-corrected chi connectivity index (χ2v) is 10.6. The molecule has 0 saturated carbocycles. The monoisotopic (exact) mass is 438 g/mol. The Morgan fingerprint density at radius 1 is 1.33 bits per heavy atom. The number of hydrogen-bond donors (Lipinski definition) is 1. The van der Waals surface area contributed by atoms with Crippen molar-refractivity contribution in [1.29, 1.82) is 0 Å². The number of nitrogens with one attached hydrogen (secondary N) is 1. The summed E-state index contributed by atoms with van der Waals surface area (Å²) in [6.45, 7) is 7.87. The molecule has 1 saturated heterocycles. The molecule has 3 atom stereocenters. The Balaban J connectivity index is 2.17. The molecular formula is C22H34N2O5S. The summed E-state index contributed by atoms with van der Waals surface area (Å²) in [5.74, 6) is -0.336. The number of unbranched alkanes of at least 4 members (excludes halogenated alkanes) is 1. The smallest absolute Gasteiger partial charge is 0.309 e. The van der Waals surface area contributed by atoms with Crippen molar-refractivity contribution in [3.8, 4) is 0 Å². The first-order valence-corrected chi connectivity index (χ1v) is 12.2. The molecule has 2 rings (SSSR count). The average Bonchev–Trinajstić information content (AvgIpc) is 3.03. The largest absolute Gasteiger partial charge is 0.460 e. The number of carbonyl (C=O) groups is 2. The Kier molecular flexibility index (Phi) is 8.29. The number of esters is 1. The van der Waals surface area contributed by atoms with Crippen LogP contribution in [0.15, 0.2) is 24.3 Å². The van der Waals surface area contributed by atoms with Crippen LogP contribution in [0.5, 0.6) is 0 Å². The lowest BCUT2D eigenvalue weighted by Gasteiger charge is -2.26. The predicted octanol–water partition coefficient (Wildman–Crippen LogP) is 3.35. The number of nitrogens with zero attached hydrogens (tertiary/aromatic N) is 1. The number of hydrogen-bond acceptors (Lipinski definition) is 5. The number of rotatable bonds is 10. The van der Waals surface area contributed by atoms with E-state index < -0.39 is 10.0 Å². The van der Waals surface area contributed by atoms with Crippen LogP contribution >= 0.6 is 0 Å². The second-order valence-electron chi connectivity index (χ2n) is 8.51. The minimum absolute atomic E-state index is 0.0676. The Morgan fingerprint density at radius 2 is 2.03 bits per heavy atom. The molecule has 0 unspecified atom stereocenters. The van der Waals surface area contributed by atoms with E-state index in [9.17, 15) is 18.0 Å². The topological polar surface area (TPSA) is 92.8 Å². The SMILES string of the molecule is CCCCS(=O)(=O)N(C)c1cccc(C(=O)N[C@@H](CC(C)C)[C@H]2C[C@@H](C)C(=O)O2)c1. The summed E-state index contributed by atoms with van der Waals surface area (Å²) in [4.78, 5) is 24.8. The number of amides is 1. The number of benzene rings is 1. The number of cyclic esters (lactones) is 1. The molecule has 1 aromatic rings. The van der Waals surface area contributed by atoms with Crippen molar-refractivity contribution in [2.45, 2.75) is 65.5 Å². The zero-order chi connectivity index (χ0) is 22.5. The van der Waals surface area contributed by atoms with E-state index in [2.05, 4.69) is 19.2 Å². The van der Waals surface area contributed by atoms with Crippen molar-refractivity contribution < 1.29 is 22.7 Å². The van der Waals surface area contributed by atoms with Crippen LogP contribution in [0.4, 0.5) is 5.69 Å². The van der Waals surface area contributed by atoms with Gasteiger partial charge in [-0.1, -0.05) is 40.2 Å². The molecule has 1 fully saturated rings. The quantitative estimate of drug-likeness (QED) is 0.566. The van der Waals surface area contributed by atoms with Crippen LogP contribution < -0.4 is 9.62 Å². The number of carbonyl (C=O) groups excluding carboxylic acids is 2. The lowest BCUT2D eigenvalue weighted by Crippen LogP contribution is -2.44. The van der Waals surface area contributed by atoms with E-state index in [1.54, 1.807) is 24.3 Å². The summed E-state index contributed by atoms with van der Waals surface area (Å²) in [5, 5.41) is 3.00. The molecule has 8 heteroatoms. The van der Waals surface area contributed by atoms with Gasteiger partial charge in [-0.3, -0.25) is 13.9 Å². The van der Waals surface area contributed by atoms with Gasteiger partial charge in [0.1, 0.15) is 6.10 Å². The number of sulfonamides is 1. The maximum atomic E-state index is 12.9. The van der Waals surface area contributed by atoms with Gasteiger partial charge in [0.15, 0.2) is 0 Å². The molecule has 0 aliphatic carbocycles. The third-order valence-electron chi connectivity index (χ3n) is 5.39. The van der Waals surface area contributed by atoms with Gasteiger partial charge in [-0.15, -0.1) is 0 Å². The van der Waals surface area contributed by atoms with Gasteiger partial charge < -0.3 is 10.1 Å². The van der Waals surface area contributed by atoms with Crippen LogP contribution in [0, 0.1) is 11.8 Å². The molecule has 1 N–H and O–H groups in total. The number of ether oxygens (including phenoxy) is 1. The molecule has 1 aliphatic rings. The Labute approximate surface area is 180 Å². The second kappa shape index (κ2) is 10.3. The lowest BCUT2D eigenvalue weighted by atomic mass is 9.94. The first-order valence-electron chi connectivity index (χ1n) is 10.6.